The van der Waals surface area contributed by atoms with Crippen LogP contribution in [0.3, 0.4) is 0 Å². The zero-order valence-corrected chi connectivity index (χ0v) is 15.4. The number of hydrazone groups is 1. The van der Waals surface area contributed by atoms with Crippen LogP contribution in [0.2, 0.25) is 0 Å². The van der Waals surface area contributed by atoms with E-state index in [1.165, 1.54) is 36.1 Å². The fraction of sp³-hybridized carbons (Fsp3) is 0.579. The molecule has 1 aromatic carbocycles. The molecular formula is C19H26N4OS. The van der Waals surface area contributed by atoms with Crippen LogP contribution in [0.25, 0.3) is 0 Å². The van der Waals surface area contributed by atoms with Crippen LogP contribution in [0.4, 0.5) is 0 Å². The summed E-state index contributed by atoms with van der Waals surface area (Å²) in [6.45, 7) is 2.38. The van der Waals surface area contributed by atoms with Crippen LogP contribution < -0.4 is 16.7 Å². The van der Waals surface area contributed by atoms with Crippen molar-refractivity contribution in [2.24, 2.45) is 28.2 Å². The molecule has 4 atom stereocenters. The molecule has 4 rings (SSSR count). The lowest BCUT2D eigenvalue weighted by Gasteiger charge is -2.49. The zero-order chi connectivity index (χ0) is 17.6. The zero-order valence-electron chi connectivity index (χ0n) is 14.6. The smallest absolute Gasteiger partial charge is 0.201 e. The molecule has 134 valence electrons. The van der Waals surface area contributed by atoms with Crippen molar-refractivity contribution in [1.29, 1.82) is 0 Å². The number of hydrogen-bond donors (Lipinski definition) is 4. The van der Waals surface area contributed by atoms with Gasteiger partial charge in [-0.05, 0) is 91.8 Å². The molecule has 2 saturated carbocycles. The van der Waals surface area contributed by atoms with E-state index in [2.05, 4.69) is 28.9 Å². The van der Waals surface area contributed by atoms with Crippen molar-refractivity contribution in [1.82, 2.24) is 10.9 Å². The summed E-state index contributed by atoms with van der Waals surface area (Å²) in [5.74, 6) is 7.73. The number of phenolic OH excluding ortho intramolecular Hbond substituents is 1. The minimum absolute atomic E-state index is 0.160. The Hall–Kier alpha value is -1.66. The molecule has 0 heterocycles. The van der Waals surface area contributed by atoms with Crippen molar-refractivity contribution in [2.45, 2.75) is 51.4 Å². The van der Waals surface area contributed by atoms with Crippen LogP contribution in [-0.2, 0) is 6.42 Å². The van der Waals surface area contributed by atoms with E-state index in [0.29, 0.717) is 28.6 Å². The van der Waals surface area contributed by atoms with Gasteiger partial charge >= 0.3 is 0 Å². The van der Waals surface area contributed by atoms with Crippen molar-refractivity contribution in [2.75, 3.05) is 0 Å². The summed E-state index contributed by atoms with van der Waals surface area (Å²) in [7, 11) is 0. The summed E-state index contributed by atoms with van der Waals surface area (Å²) in [5.41, 5.74) is 9.52. The minimum atomic E-state index is 0.160. The lowest BCUT2D eigenvalue weighted by Crippen LogP contribution is -2.43. The summed E-state index contributed by atoms with van der Waals surface area (Å²) in [6, 6.07) is 5.97. The maximum Gasteiger partial charge on any atom is 0.201 e. The lowest BCUT2D eigenvalue weighted by atomic mass is 9.55. The highest BCUT2D eigenvalue weighted by molar-refractivity contribution is 7.80. The van der Waals surface area contributed by atoms with Gasteiger partial charge in [0.25, 0.3) is 0 Å². The van der Waals surface area contributed by atoms with Crippen LogP contribution in [0.1, 0.15) is 56.1 Å². The standard InChI is InChI=1S/C19H26N4OS/c1-19-9-8-14-13-5-3-12(24)10-11(13)2-4-15(14)16(19)6-7-17(19)22-23-18(25)21-20/h3,5,10,14-16,24H,2,4,6-9,20H2,1H3,(H2,21,23,25)/b22-17+/t14?,15-,16+,19+/m1/s1. The molecule has 5 nitrogen and oxygen atoms in total. The van der Waals surface area contributed by atoms with E-state index >= 15 is 0 Å². The van der Waals surface area contributed by atoms with Crippen LogP contribution in [-0.4, -0.2) is 15.9 Å². The normalized spacial score (nSPS) is 34.8. The molecule has 0 amide bonds. The van der Waals surface area contributed by atoms with Gasteiger partial charge in [-0.1, -0.05) is 13.0 Å². The molecule has 3 aliphatic rings. The molecule has 1 unspecified atom stereocenters. The molecule has 0 spiro atoms. The van der Waals surface area contributed by atoms with E-state index in [0.717, 1.165) is 19.3 Å². The number of fused-ring (bicyclic) bond motifs is 5. The molecule has 0 aromatic heterocycles. The largest absolute Gasteiger partial charge is 0.508 e. The number of hydrazine groups is 1. The van der Waals surface area contributed by atoms with Crippen molar-refractivity contribution < 1.29 is 5.11 Å². The van der Waals surface area contributed by atoms with Gasteiger partial charge in [0.05, 0.1) is 0 Å². The molecule has 25 heavy (non-hydrogen) atoms. The molecule has 0 radical (unpaired) electrons. The van der Waals surface area contributed by atoms with Crippen LogP contribution in [0.15, 0.2) is 23.3 Å². The second kappa shape index (κ2) is 6.25. The van der Waals surface area contributed by atoms with Crippen LogP contribution in [0.5, 0.6) is 5.75 Å². The van der Waals surface area contributed by atoms with Gasteiger partial charge in [-0.3, -0.25) is 10.9 Å². The fourth-order valence-corrected chi connectivity index (χ4v) is 5.74. The van der Waals surface area contributed by atoms with Gasteiger partial charge in [-0.2, -0.15) is 5.10 Å². The van der Waals surface area contributed by atoms with Crippen molar-refractivity contribution in [3.05, 3.63) is 29.3 Å². The fourth-order valence-electron chi connectivity index (χ4n) is 5.69. The second-order valence-corrected chi connectivity index (χ2v) is 8.35. The highest BCUT2D eigenvalue weighted by Crippen LogP contribution is 2.59. The molecule has 1 aromatic rings. The Morgan fingerprint density at radius 2 is 2.16 bits per heavy atom. The molecule has 0 bridgehead atoms. The quantitative estimate of drug-likeness (QED) is 0.352. The summed E-state index contributed by atoms with van der Waals surface area (Å²) < 4.78 is 0. The first-order valence-electron chi connectivity index (χ1n) is 9.18. The summed E-state index contributed by atoms with van der Waals surface area (Å²) >= 11 is 5.05. The monoisotopic (exact) mass is 358 g/mol. The highest BCUT2D eigenvalue weighted by Gasteiger charge is 2.53. The van der Waals surface area contributed by atoms with Crippen molar-refractivity contribution in [3.8, 4) is 5.75 Å². The number of nitrogens with zero attached hydrogens (tertiary/aromatic N) is 1. The van der Waals surface area contributed by atoms with Crippen LogP contribution in [0, 0.1) is 17.3 Å². The number of thiocarbonyl (C=S) groups is 1. The molecule has 2 fully saturated rings. The number of hydrogen-bond acceptors (Lipinski definition) is 4. The minimum Gasteiger partial charge on any atom is -0.508 e. The Morgan fingerprint density at radius 1 is 1.32 bits per heavy atom. The van der Waals surface area contributed by atoms with Crippen LogP contribution >= 0.6 is 12.2 Å². The molecule has 0 saturated heterocycles. The summed E-state index contributed by atoms with van der Waals surface area (Å²) in [4.78, 5) is 0. The maximum atomic E-state index is 9.79. The molecule has 5 N–H and O–H groups in total. The summed E-state index contributed by atoms with van der Waals surface area (Å²) in [5, 5.41) is 14.7. The maximum absolute atomic E-state index is 9.79. The average molecular weight is 359 g/mol. The number of rotatable bonds is 1. The Morgan fingerprint density at radius 3 is 2.96 bits per heavy atom. The molecular weight excluding hydrogens is 332 g/mol. The number of aryl methyl sites for hydroxylation is 1. The van der Waals surface area contributed by atoms with Crippen molar-refractivity contribution >= 4 is 23.0 Å². The summed E-state index contributed by atoms with van der Waals surface area (Å²) in [6.07, 6.45) is 6.87. The van der Waals surface area contributed by atoms with Crippen molar-refractivity contribution in [3.63, 3.8) is 0 Å². The Bertz CT molecular complexity index is 734. The van der Waals surface area contributed by atoms with Gasteiger partial charge in [-0.15, -0.1) is 0 Å². The van der Waals surface area contributed by atoms with Gasteiger partial charge in [0.2, 0.25) is 5.11 Å². The Labute approximate surface area is 154 Å². The molecule has 6 heteroatoms. The number of benzene rings is 1. The molecule has 0 aliphatic heterocycles. The van der Waals surface area contributed by atoms with E-state index < -0.39 is 0 Å². The van der Waals surface area contributed by atoms with E-state index in [4.69, 9.17) is 18.1 Å². The first-order valence-corrected chi connectivity index (χ1v) is 9.59. The number of nitrogens with one attached hydrogen (secondary N) is 2. The van der Waals surface area contributed by atoms with Gasteiger partial charge in [0.15, 0.2) is 0 Å². The lowest BCUT2D eigenvalue weighted by molar-refractivity contribution is 0.0954. The highest BCUT2D eigenvalue weighted by atomic mass is 32.1. The SMILES string of the molecule is C[C@]12CCC3c4ccc(O)cc4CC[C@H]3[C@@H]1CC/C2=N\NC(=S)NN. The molecule has 3 aliphatic carbocycles. The van der Waals surface area contributed by atoms with E-state index in [1.54, 1.807) is 0 Å². The second-order valence-electron chi connectivity index (χ2n) is 7.94. The number of aromatic hydroxyl groups is 1. The first-order chi connectivity index (χ1) is 12.0. The van der Waals surface area contributed by atoms with E-state index in [-0.39, 0.29) is 5.41 Å². The Kier molecular flexibility index (Phi) is 4.20. The number of nitrogens with two attached hydrogens (primary N) is 1. The third-order valence-corrected chi connectivity index (χ3v) is 7.08. The topological polar surface area (TPSA) is 82.7 Å². The average Bonchev–Trinajstić information content (AvgIpc) is 2.95. The predicted molar refractivity (Wildman–Crippen MR) is 103 cm³/mol. The van der Waals surface area contributed by atoms with Gasteiger partial charge < -0.3 is 5.11 Å². The Balaban J connectivity index is 1.60. The van der Waals surface area contributed by atoms with Gasteiger partial charge in [0.1, 0.15) is 5.75 Å². The van der Waals surface area contributed by atoms with E-state index in [9.17, 15) is 5.11 Å². The van der Waals surface area contributed by atoms with Gasteiger partial charge in [-0.25, -0.2) is 5.84 Å². The van der Waals surface area contributed by atoms with Gasteiger partial charge in [0, 0.05) is 11.1 Å². The third kappa shape index (κ3) is 2.72. The first kappa shape index (κ1) is 16.8. The van der Waals surface area contributed by atoms with E-state index in [1.807, 2.05) is 12.1 Å². The predicted octanol–water partition coefficient (Wildman–Crippen LogP) is 2.94. The number of phenols is 1. The third-order valence-electron chi connectivity index (χ3n) is 6.87.